The van der Waals surface area contributed by atoms with Gasteiger partial charge in [-0.2, -0.15) is 0 Å². The topological polar surface area (TPSA) is 47.2 Å². The molecular formula is C37H37N3O2S. The van der Waals surface area contributed by atoms with Crippen molar-refractivity contribution in [2.45, 2.75) is 55.1 Å². The van der Waals surface area contributed by atoms with Crippen molar-refractivity contribution in [2.75, 3.05) is 7.05 Å². The maximum Gasteiger partial charge on any atom is 0.268 e. The summed E-state index contributed by atoms with van der Waals surface area (Å²) in [5.74, 6) is 0.282. The molecule has 0 saturated carbocycles. The Morgan fingerprint density at radius 3 is 1.95 bits per heavy atom. The monoisotopic (exact) mass is 587 g/mol. The van der Waals surface area contributed by atoms with E-state index in [0.717, 1.165) is 36.0 Å². The van der Waals surface area contributed by atoms with E-state index in [1.807, 2.05) is 30.3 Å². The fourth-order valence-electron chi connectivity index (χ4n) is 7.11. The van der Waals surface area contributed by atoms with Gasteiger partial charge in [0.1, 0.15) is 0 Å². The van der Waals surface area contributed by atoms with Crippen LogP contribution in [0.2, 0.25) is 0 Å². The minimum Gasteiger partial charge on any atom is -0.343 e. The summed E-state index contributed by atoms with van der Waals surface area (Å²) in [7, 11) is -1.41. The Hall–Kier alpha value is -4.13. The first-order valence-electron chi connectivity index (χ1n) is 15.2. The number of para-hydroxylation sites is 2. The van der Waals surface area contributed by atoms with Gasteiger partial charge in [0, 0.05) is 47.3 Å². The van der Waals surface area contributed by atoms with Crippen molar-refractivity contribution in [3.8, 4) is 0 Å². The van der Waals surface area contributed by atoms with E-state index in [9.17, 15) is 8.42 Å². The average Bonchev–Trinajstić information content (AvgIpc) is 3.69. The number of hydrogen-bond acceptors (Lipinski definition) is 3. The van der Waals surface area contributed by atoms with Crippen LogP contribution in [0, 0.1) is 0 Å². The van der Waals surface area contributed by atoms with Crippen molar-refractivity contribution < 1.29 is 8.42 Å². The summed E-state index contributed by atoms with van der Waals surface area (Å²) in [6.07, 6.45) is 6.67. The van der Waals surface area contributed by atoms with Crippen LogP contribution >= 0.6 is 0 Å². The second kappa shape index (κ2) is 11.5. The van der Waals surface area contributed by atoms with Crippen LogP contribution in [0.1, 0.15) is 42.9 Å². The van der Waals surface area contributed by atoms with Crippen LogP contribution in [0.15, 0.2) is 132 Å². The molecule has 218 valence electrons. The second-order valence-corrected chi connectivity index (χ2v) is 13.7. The van der Waals surface area contributed by atoms with E-state index >= 15 is 0 Å². The van der Waals surface area contributed by atoms with Crippen LogP contribution in [0.5, 0.6) is 0 Å². The lowest BCUT2D eigenvalue weighted by atomic mass is 9.88. The summed E-state index contributed by atoms with van der Waals surface area (Å²) in [6, 6.07) is 41.1. The Balaban J connectivity index is 0.000000160. The van der Waals surface area contributed by atoms with E-state index in [0.29, 0.717) is 17.0 Å². The number of aromatic nitrogens is 2. The number of hydrogen-bond donors (Lipinski definition) is 0. The van der Waals surface area contributed by atoms with E-state index in [1.54, 1.807) is 28.2 Å². The fraction of sp³-hybridized carbons (Fsp3) is 0.243. The Morgan fingerprint density at radius 2 is 1.26 bits per heavy atom. The largest absolute Gasteiger partial charge is 0.343 e. The van der Waals surface area contributed by atoms with Crippen molar-refractivity contribution in [3.05, 3.63) is 139 Å². The molecule has 2 atom stereocenters. The molecule has 43 heavy (non-hydrogen) atoms. The SMILES string of the molecule is CN1C2CCC1CC(c1cc3ccccc3n1S(=O)(=O)c1ccccc1)C2.c1ccc(Cn2ccc3ccccc32)cc1. The first-order valence-corrected chi connectivity index (χ1v) is 16.6. The molecule has 6 aromatic rings. The molecule has 2 bridgehead atoms. The normalized spacial score (nSPS) is 20.3. The standard InChI is InChI=1S/C22H24N2O2S.C15H13N/c1-23-18-11-12-19(23)14-17(13-18)22-15-16-7-5-6-10-21(16)24(22)27(25,26)20-8-3-2-4-9-20;1-2-6-13(7-3-1)12-16-11-10-14-8-4-5-9-15(14)16/h2-10,15,17-19H,11-14H2,1H3;1-11H,12H2. The number of rotatable bonds is 5. The van der Waals surface area contributed by atoms with Crippen molar-refractivity contribution in [1.82, 2.24) is 13.4 Å². The van der Waals surface area contributed by atoms with Gasteiger partial charge in [0.25, 0.3) is 10.0 Å². The summed E-state index contributed by atoms with van der Waals surface area (Å²) in [5, 5.41) is 2.30. The number of piperidine rings is 1. The summed E-state index contributed by atoms with van der Waals surface area (Å²) in [4.78, 5) is 2.85. The second-order valence-electron chi connectivity index (χ2n) is 11.9. The van der Waals surface area contributed by atoms with Gasteiger partial charge in [0.05, 0.1) is 10.4 Å². The van der Waals surface area contributed by atoms with Crippen LogP contribution in [-0.2, 0) is 16.6 Å². The Bertz CT molecular complexity index is 1950. The molecule has 2 fully saturated rings. The Morgan fingerprint density at radius 1 is 0.674 bits per heavy atom. The minimum atomic E-state index is -3.63. The van der Waals surface area contributed by atoms with Gasteiger partial charge in [-0.3, -0.25) is 0 Å². The first-order chi connectivity index (χ1) is 21.0. The molecule has 0 radical (unpaired) electrons. The van der Waals surface area contributed by atoms with Gasteiger partial charge in [-0.05, 0) is 80.1 Å². The van der Waals surface area contributed by atoms with Crippen molar-refractivity contribution in [1.29, 1.82) is 0 Å². The lowest BCUT2D eigenvalue weighted by molar-refractivity contribution is 0.160. The molecule has 8 rings (SSSR count). The van der Waals surface area contributed by atoms with Gasteiger partial charge < -0.3 is 9.47 Å². The van der Waals surface area contributed by atoms with E-state index in [4.69, 9.17) is 0 Å². The Labute approximate surface area is 254 Å². The molecule has 4 aromatic carbocycles. The summed E-state index contributed by atoms with van der Waals surface area (Å²) < 4.78 is 31.0. The van der Waals surface area contributed by atoms with Gasteiger partial charge in [0.2, 0.25) is 0 Å². The molecule has 6 heteroatoms. The fourth-order valence-corrected chi connectivity index (χ4v) is 8.73. The van der Waals surface area contributed by atoms with Crippen molar-refractivity contribution in [3.63, 3.8) is 0 Å². The quantitative estimate of drug-likeness (QED) is 0.206. The van der Waals surface area contributed by atoms with E-state index in [-0.39, 0.29) is 5.92 Å². The molecule has 4 heterocycles. The maximum absolute atomic E-state index is 13.6. The predicted molar refractivity (Wildman–Crippen MR) is 175 cm³/mol. The molecule has 2 unspecified atom stereocenters. The third kappa shape index (κ3) is 5.30. The highest BCUT2D eigenvalue weighted by atomic mass is 32.2. The van der Waals surface area contributed by atoms with E-state index in [1.165, 1.54) is 29.3 Å². The highest BCUT2D eigenvalue weighted by molar-refractivity contribution is 7.90. The van der Waals surface area contributed by atoms with Crippen molar-refractivity contribution in [2.24, 2.45) is 0 Å². The van der Waals surface area contributed by atoms with Gasteiger partial charge in [-0.15, -0.1) is 0 Å². The summed E-state index contributed by atoms with van der Waals surface area (Å²) in [5.41, 5.74) is 4.36. The molecule has 0 amide bonds. The van der Waals surface area contributed by atoms with Crippen LogP contribution in [0.4, 0.5) is 0 Å². The highest BCUT2D eigenvalue weighted by Gasteiger charge is 2.41. The third-order valence-corrected chi connectivity index (χ3v) is 11.1. The smallest absolute Gasteiger partial charge is 0.268 e. The molecule has 2 aromatic heterocycles. The van der Waals surface area contributed by atoms with E-state index in [2.05, 4.69) is 89.4 Å². The zero-order valence-corrected chi connectivity index (χ0v) is 25.3. The summed E-state index contributed by atoms with van der Waals surface area (Å²) in [6.45, 7) is 0.939. The molecule has 2 aliphatic heterocycles. The molecule has 2 aliphatic rings. The zero-order valence-electron chi connectivity index (χ0n) is 24.5. The summed E-state index contributed by atoms with van der Waals surface area (Å²) >= 11 is 0. The molecule has 0 spiro atoms. The molecule has 5 nitrogen and oxygen atoms in total. The van der Waals surface area contributed by atoms with Crippen molar-refractivity contribution >= 4 is 31.8 Å². The van der Waals surface area contributed by atoms with Crippen LogP contribution in [0.3, 0.4) is 0 Å². The number of benzene rings is 4. The predicted octanol–water partition coefficient (Wildman–Crippen LogP) is 7.91. The van der Waals surface area contributed by atoms with Gasteiger partial charge in [-0.1, -0.05) is 84.9 Å². The van der Waals surface area contributed by atoms with E-state index < -0.39 is 10.0 Å². The highest BCUT2D eigenvalue weighted by Crippen LogP contribution is 2.44. The van der Waals surface area contributed by atoms with Crippen LogP contribution in [-0.4, -0.2) is 41.0 Å². The zero-order chi connectivity index (χ0) is 29.4. The number of fused-ring (bicyclic) bond motifs is 4. The number of nitrogens with zero attached hydrogens (tertiary/aromatic N) is 3. The molecule has 0 aliphatic carbocycles. The molecule has 0 N–H and O–H groups in total. The van der Waals surface area contributed by atoms with Crippen LogP contribution < -0.4 is 0 Å². The van der Waals surface area contributed by atoms with Gasteiger partial charge in [-0.25, -0.2) is 12.4 Å². The van der Waals surface area contributed by atoms with Crippen LogP contribution in [0.25, 0.3) is 21.8 Å². The Kier molecular flexibility index (Phi) is 7.41. The minimum absolute atomic E-state index is 0.282. The first kappa shape index (κ1) is 27.7. The third-order valence-electron chi connectivity index (χ3n) is 9.37. The molecular weight excluding hydrogens is 550 g/mol. The lowest BCUT2D eigenvalue weighted by Crippen LogP contribution is -2.39. The lowest BCUT2D eigenvalue weighted by Gasteiger charge is -2.36. The van der Waals surface area contributed by atoms with Gasteiger partial charge >= 0.3 is 0 Å². The maximum atomic E-state index is 13.6. The van der Waals surface area contributed by atoms with Gasteiger partial charge in [0.15, 0.2) is 0 Å². The average molecular weight is 588 g/mol. The molecule has 2 saturated heterocycles.